The third kappa shape index (κ3) is 7.75. The molecule has 5 aromatic carbocycles. The monoisotopic (exact) mass is 725 g/mol. The number of pyridine rings is 2. The summed E-state index contributed by atoms with van der Waals surface area (Å²) >= 11 is 0. The van der Waals surface area contributed by atoms with Gasteiger partial charge in [0.1, 0.15) is 5.52 Å². The number of nitrogens with zero attached hydrogens (tertiary/aromatic N) is 4. The summed E-state index contributed by atoms with van der Waals surface area (Å²) in [6.07, 6.45) is 8.58. The predicted molar refractivity (Wildman–Crippen MR) is 203 cm³/mol. The molecule has 0 radical (unpaired) electrons. The molecule has 9 rings (SSSR count). The van der Waals surface area contributed by atoms with Gasteiger partial charge in [-0.05, 0) is 106 Å². The van der Waals surface area contributed by atoms with E-state index in [0.29, 0.717) is 17.0 Å². The molecule has 1 aliphatic carbocycles. The molecule has 0 saturated heterocycles. The number of aryl methyl sites for hydroxylation is 1. The highest BCUT2D eigenvalue weighted by molar-refractivity contribution is 6.09. The van der Waals surface area contributed by atoms with Gasteiger partial charge in [-0.2, -0.15) is 18.3 Å². The van der Waals surface area contributed by atoms with E-state index in [9.17, 15) is 18.0 Å². The van der Waals surface area contributed by atoms with E-state index >= 15 is 0 Å². The van der Waals surface area contributed by atoms with Crippen LogP contribution in [0.15, 0.2) is 134 Å². The Morgan fingerprint density at radius 2 is 1.44 bits per heavy atom. The first-order valence-corrected chi connectivity index (χ1v) is 17.3. The Kier molecular flexibility index (Phi) is 10.0. The number of hydrogen-bond donors (Lipinski definition) is 2. The number of halogens is 3. The lowest BCUT2D eigenvalue weighted by molar-refractivity contribution is -0.192. The first-order valence-electron chi connectivity index (χ1n) is 17.3. The van der Waals surface area contributed by atoms with E-state index in [1.54, 1.807) is 18.5 Å². The van der Waals surface area contributed by atoms with E-state index in [4.69, 9.17) is 15.6 Å². The molecule has 0 saturated carbocycles. The van der Waals surface area contributed by atoms with Crippen molar-refractivity contribution in [3.8, 4) is 5.69 Å². The van der Waals surface area contributed by atoms with Crippen LogP contribution in [0, 0.1) is 5.92 Å². The van der Waals surface area contributed by atoms with Crippen LogP contribution < -0.4 is 5.73 Å². The number of carboxylic acids is 1. The average Bonchev–Trinajstić information content (AvgIpc) is 3.63. The summed E-state index contributed by atoms with van der Waals surface area (Å²) in [7, 11) is 0. The molecule has 1 unspecified atom stereocenters. The normalized spacial score (nSPS) is 13.8. The summed E-state index contributed by atoms with van der Waals surface area (Å²) in [5, 5.41) is 20.4. The summed E-state index contributed by atoms with van der Waals surface area (Å²) in [6.45, 7) is 0. The van der Waals surface area contributed by atoms with E-state index in [2.05, 4.69) is 87.9 Å². The second-order valence-corrected chi connectivity index (χ2v) is 13.1. The molecule has 3 heterocycles. The van der Waals surface area contributed by atoms with Crippen molar-refractivity contribution in [2.45, 2.75) is 31.9 Å². The highest BCUT2D eigenvalue weighted by atomic mass is 19.4. The standard InChI is InChI=1S/C33H27N3O.C8H6N2.C2HF3O2/c34-33(37)31-7-3-5-25-20-36(35-32(25)31)26-13-8-21(9-14-26)18-22-10-15-28-24(19-22)12-17-29-27-6-2-1-4-23(27)11-16-30(28)29;1-3-9-5-8-6-10-4-2-7(1)8;3-2(4,5)1(6)7/h1-9,11-14,16-17,20,22H,10,15,18-19H2,(H2,34,37);1-6H;(H,6,7). The van der Waals surface area contributed by atoms with Crippen molar-refractivity contribution in [1.29, 1.82) is 0 Å². The van der Waals surface area contributed by atoms with Crippen LogP contribution in [0.4, 0.5) is 13.2 Å². The smallest absolute Gasteiger partial charge is 0.475 e. The molecule has 0 spiro atoms. The Balaban J connectivity index is 0.000000218. The van der Waals surface area contributed by atoms with Crippen LogP contribution in [-0.4, -0.2) is 42.9 Å². The SMILES string of the molecule is NC(=O)c1cccc2cn(-c3ccc(CC4CCc5c(ccc6c5ccc5ccccc56)C4)cc3)nc12.O=C(O)C(F)(F)F.c1cc2ccncc2cn1. The molecule has 1 atom stereocenters. The van der Waals surface area contributed by atoms with E-state index in [-0.39, 0.29) is 0 Å². The zero-order valence-electron chi connectivity index (χ0n) is 28.9. The number of amides is 1. The van der Waals surface area contributed by atoms with E-state index in [1.165, 1.54) is 50.0 Å². The van der Waals surface area contributed by atoms with Crippen molar-refractivity contribution in [3.63, 3.8) is 0 Å². The van der Waals surface area contributed by atoms with E-state index < -0.39 is 18.1 Å². The number of fused-ring (bicyclic) bond motifs is 7. The first-order chi connectivity index (χ1) is 26.0. The predicted octanol–water partition coefficient (Wildman–Crippen LogP) is 9.04. The van der Waals surface area contributed by atoms with Crippen molar-refractivity contribution < 1.29 is 27.9 Å². The Bertz CT molecular complexity index is 2570. The van der Waals surface area contributed by atoms with Crippen LogP contribution in [0.3, 0.4) is 0 Å². The molecule has 0 fully saturated rings. The Morgan fingerprint density at radius 3 is 2.13 bits per heavy atom. The maximum atomic E-state index is 11.8. The van der Waals surface area contributed by atoms with Gasteiger partial charge in [-0.15, -0.1) is 0 Å². The van der Waals surface area contributed by atoms with Gasteiger partial charge in [0.15, 0.2) is 0 Å². The molecule has 3 aromatic heterocycles. The molecule has 1 aliphatic rings. The summed E-state index contributed by atoms with van der Waals surface area (Å²) in [5.74, 6) is -2.57. The molecule has 270 valence electrons. The Labute approximate surface area is 307 Å². The van der Waals surface area contributed by atoms with Gasteiger partial charge >= 0.3 is 12.1 Å². The molecular formula is C43H34F3N5O3. The Hall–Kier alpha value is -6.62. The summed E-state index contributed by atoms with van der Waals surface area (Å²) in [5.41, 5.74) is 12.0. The number of aliphatic carboxylic acids is 1. The van der Waals surface area contributed by atoms with E-state index in [1.807, 2.05) is 47.5 Å². The minimum absolute atomic E-state index is 0.450. The quantitative estimate of drug-likeness (QED) is 0.175. The van der Waals surface area contributed by atoms with Crippen LogP contribution in [0.1, 0.15) is 33.5 Å². The molecule has 0 bridgehead atoms. The van der Waals surface area contributed by atoms with Gasteiger partial charge < -0.3 is 10.8 Å². The van der Waals surface area contributed by atoms with Crippen LogP contribution in [0.2, 0.25) is 0 Å². The number of rotatable bonds is 4. The summed E-state index contributed by atoms with van der Waals surface area (Å²) in [6, 6.07) is 36.0. The lowest BCUT2D eigenvalue weighted by Crippen LogP contribution is -2.21. The van der Waals surface area contributed by atoms with Gasteiger partial charge in [0, 0.05) is 41.8 Å². The number of hydrogen-bond acceptors (Lipinski definition) is 5. The maximum Gasteiger partial charge on any atom is 0.490 e. The highest BCUT2D eigenvalue weighted by Crippen LogP contribution is 2.36. The molecule has 3 N–H and O–H groups in total. The molecule has 8 nitrogen and oxygen atoms in total. The van der Waals surface area contributed by atoms with Crippen LogP contribution in [-0.2, 0) is 24.1 Å². The number of carboxylic acid groups (broad SMARTS) is 1. The largest absolute Gasteiger partial charge is 0.490 e. The summed E-state index contributed by atoms with van der Waals surface area (Å²) in [4.78, 5) is 28.6. The topological polar surface area (TPSA) is 124 Å². The van der Waals surface area contributed by atoms with Gasteiger partial charge in [0.2, 0.25) is 0 Å². The first kappa shape index (κ1) is 35.8. The van der Waals surface area contributed by atoms with Gasteiger partial charge in [0.05, 0.1) is 11.3 Å². The fraction of sp³-hybridized carbons (Fsp3) is 0.140. The lowest BCUT2D eigenvalue weighted by Gasteiger charge is -2.26. The minimum Gasteiger partial charge on any atom is -0.475 e. The fourth-order valence-electron chi connectivity index (χ4n) is 7.04. The average molecular weight is 726 g/mol. The van der Waals surface area contributed by atoms with Gasteiger partial charge in [-0.3, -0.25) is 14.8 Å². The zero-order chi connectivity index (χ0) is 37.8. The number of nitrogens with two attached hydrogens (primary N) is 1. The molecule has 0 aliphatic heterocycles. The molecular weight excluding hydrogens is 691 g/mol. The fourth-order valence-corrected chi connectivity index (χ4v) is 7.04. The Morgan fingerprint density at radius 1 is 0.759 bits per heavy atom. The molecule has 11 heteroatoms. The van der Waals surface area contributed by atoms with Gasteiger partial charge in [-0.1, -0.05) is 72.8 Å². The van der Waals surface area contributed by atoms with Crippen LogP contribution in [0.25, 0.3) is 48.9 Å². The van der Waals surface area contributed by atoms with Gasteiger partial charge in [-0.25, -0.2) is 9.48 Å². The van der Waals surface area contributed by atoms with Crippen molar-refractivity contribution in [2.75, 3.05) is 0 Å². The third-order valence-electron chi connectivity index (χ3n) is 9.66. The highest BCUT2D eigenvalue weighted by Gasteiger charge is 2.38. The number of benzene rings is 5. The number of carbonyl (C=O) groups excluding carboxylic acids is 1. The minimum atomic E-state index is -5.08. The molecule has 1 amide bonds. The molecule has 8 aromatic rings. The number of alkyl halides is 3. The number of primary amides is 1. The van der Waals surface area contributed by atoms with Crippen LogP contribution in [0.5, 0.6) is 0 Å². The van der Waals surface area contributed by atoms with Crippen molar-refractivity contribution >= 4 is 55.1 Å². The third-order valence-corrected chi connectivity index (χ3v) is 9.66. The molecule has 54 heavy (non-hydrogen) atoms. The maximum absolute atomic E-state index is 11.8. The van der Waals surface area contributed by atoms with Crippen molar-refractivity contribution in [1.82, 2.24) is 19.7 Å². The van der Waals surface area contributed by atoms with Crippen molar-refractivity contribution in [3.05, 3.63) is 156 Å². The second kappa shape index (κ2) is 15.2. The van der Waals surface area contributed by atoms with Gasteiger partial charge in [0.25, 0.3) is 5.91 Å². The zero-order valence-corrected chi connectivity index (χ0v) is 28.9. The van der Waals surface area contributed by atoms with E-state index in [0.717, 1.165) is 35.7 Å². The second-order valence-electron chi connectivity index (χ2n) is 13.1. The number of carbonyl (C=O) groups is 2. The van der Waals surface area contributed by atoms with Crippen molar-refractivity contribution in [2.24, 2.45) is 11.7 Å². The summed E-state index contributed by atoms with van der Waals surface area (Å²) < 4.78 is 33.6. The number of aromatic nitrogens is 4. The van der Waals surface area contributed by atoms with Crippen LogP contribution >= 0.6 is 0 Å². The lowest BCUT2D eigenvalue weighted by atomic mass is 9.79.